The molecule has 2 N–H and O–H groups in total. The van der Waals surface area contributed by atoms with Gasteiger partial charge in [-0.25, -0.2) is 0 Å². The molecule has 0 atom stereocenters. The van der Waals surface area contributed by atoms with Crippen LogP contribution < -0.4 is 15.1 Å². The lowest BCUT2D eigenvalue weighted by Crippen LogP contribution is -3.15. The van der Waals surface area contributed by atoms with Crippen LogP contribution in [0.3, 0.4) is 0 Å². The lowest BCUT2D eigenvalue weighted by molar-refractivity contribution is -0.892. The van der Waals surface area contributed by atoms with Gasteiger partial charge in [0.15, 0.2) is 6.54 Å². The van der Waals surface area contributed by atoms with Crippen LogP contribution in [0, 0.1) is 6.92 Å². The first-order valence-corrected chi connectivity index (χ1v) is 10.2. The third-order valence-electron chi connectivity index (χ3n) is 5.19. The zero-order valence-electron chi connectivity index (χ0n) is 17.0. The lowest BCUT2D eigenvalue weighted by atomic mass is 10.2. The number of benzene rings is 2. The Hall–Kier alpha value is -2.57. The van der Waals surface area contributed by atoms with Gasteiger partial charge in [0.2, 0.25) is 5.91 Å². The smallest absolute Gasteiger partial charge is 0.277 e. The van der Waals surface area contributed by atoms with Crippen molar-refractivity contribution >= 4 is 34.8 Å². The molecular weight excluding hydrogens is 388 g/mol. The van der Waals surface area contributed by atoms with Crippen LogP contribution in [0.25, 0.3) is 0 Å². The van der Waals surface area contributed by atoms with E-state index >= 15 is 0 Å². The first-order valence-electron chi connectivity index (χ1n) is 9.85. The Kier molecular flexibility index (Phi) is 7.12. The van der Waals surface area contributed by atoms with Crippen LogP contribution in [0.2, 0.25) is 5.02 Å². The van der Waals surface area contributed by atoms with Crippen molar-refractivity contribution < 1.29 is 14.5 Å². The number of anilines is 2. The van der Waals surface area contributed by atoms with Crippen molar-refractivity contribution in [2.45, 2.75) is 6.92 Å². The number of rotatable bonds is 6. The molecule has 0 bridgehead atoms. The van der Waals surface area contributed by atoms with Crippen LogP contribution in [-0.2, 0) is 9.59 Å². The number of quaternary nitrogens is 1. The quantitative estimate of drug-likeness (QED) is 0.750. The maximum Gasteiger partial charge on any atom is 0.277 e. The molecular formula is C22H28ClN4O2+. The highest BCUT2D eigenvalue weighted by atomic mass is 35.5. The summed E-state index contributed by atoms with van der Waals surface area (Å²) < 4.78 is 0. The summed E-state index contributed by atoms with van der Waals surface area (Å²) in [7, 11) is 1.68. The average molecular weight is 416 g/mol. The van der Waals surface area contributed by atoms with Gasteiger partial charge in [-0.3, -0.25) is 9.59 Å². The molecule has 3 rings (SSSR count). The Morgan fingerprint density at radius 2 is 1.83 bits per heavy atom. The van der Waals surface area contributed by atoms with Gasteiger partial charge in [-0.1, -0.05) is 35.4 Å². The molecule has 1 aliphatic rings. The highest BCUT2D eigenvalue weighted by molar-refractivity contribution is 6.30. The van der Waals surface area contributed by atoms with Crippen molar-refractivity contribution in [2.24, 2.45) is 0 Å². The summed E-state index contributed by atoms with van der Waals surface area (Å²) in [5, 5.41) is 3.56. The SMILES string of the molecule is Cc1ccc(NC(=O)CN(C)C(=O)C[NH+]2CCN(c3cccc(Cl)c3)CC2)cc1. The largest absolute Gasteiger partial charge is 0.360 e. The number of likely N-dealkylation sites (N-methyl/N-ethyl adjacent to an activating group) is 1. The number of halogens is 1. The topological polar surface area (TPSA) is 57.1 Å². The van der Waals surface area contributed by atoms with E-state index in [2.05, 4.69) is 16.3 Å². The van der Waals surface area contributed by atoms with E-state index in [1.807, 2.05) is 49.4 Å². The van der Waals surface area contributed by atoms with Gasteiger partial charge < -0.3 is 20.0 Å². The van der Waals surface area contributed by atoms with Crippen LogP contribution >= 0.6 is 11.6 Å². The molecule has 0 unspecified atom stereocenters. The molecule has 7 heteroatoms. The highest BCUT2D eigenvalue weighted by Gasteiger charge is 2.24. The third kappa shape index (κ3) is 6.21. The first-order chi connectivity index (χ1) is 13.9. The first kappa shape index (κ1) is 21.1. The van der Waals surface area contributed by atoms with Gasteiger partial charge >= 0.3 is 0 Å². The van der Waals surface area contributed by atoms with Crippen molar-refractivity contribution in [1.82, 2.24) is 4.90 Å². The van der Waals surface area contributed by atoms with Gasteiger partial charge in [-0.2, -0.15) is 0 Å². The van der Waals surface area contributed by atoms with Crippen molar-refractivity contribution in [3.63, 3.8) is 0 Å². The van der Waals surface area contributed by atoms with E-state index in [1.54, 1.807) is 7.05 Å². The molecule has 1 fully saturated rings. The van der Waals surface area contributed by atoms with E-state index in [4.69, 9.17) is 11.6 Å². The summed E-state index contributed by atoms with van der Waals surface area (Å²) in [6.45, 7) is 5.95. The second-order valence-electron chi connectivity index (χ2n) is 7.56. The van der Waals surface area contributed by atoms with Crippen molar-refractivity contribution in [2.75, 3.05) is 56.5 Å². The molecule has 0 radical (unpaired) electrons. The number of piperazine rings is 1. The standard InChI is InChI=1S/C22H27ClN4O2/c1-17-6-8-19(9-7-17)24-21(28)15-25(2)22(29)16-26-10-12-27(13-11-26)20-5-3-4-18(23)14-20/h3-9,14H,10-13,15-16H2,1-2H3,(H,24,28)/p+1. The van der Waals surface area contributed by atoms with Gasteiger partial charge in [0, 0.05) is 23.4 Å². The summed E-state index contributed by atoms with van der Waals surface area (Å²) in [4.78, 5) is 29.8. The Balaban J connectivity index is 1.43. The number of hydrogen-bond acceptors (Lipinski definition) is 3. The molecule has 0 saturated carbocycles. The van der Waals surface area contributed by atoms with E-state index in [0.29, 0.717) is 6.54 Å². The van der Waals surface area contributed by atoms with Gasteiger partial charge in [-0.15, -0.1) is 0 Å². The molecule has 1 aliphatic heterocycles. The van der Waals surface area contributed by atoms with Gasteiger partial charge in [0.05, 0.1) is 32.7 Å². The molecule has 0 aliphatic carbocycles. The highest BCUT2D eigenvalue weighted by Crippen LogP contribution is 2.19. The third-order valence-corrected chi connectivity index (χ3v) is 5.42. The zero-order chi connectivity index (χ0) is 20.8. The molecule has 1 heterocycles. The van der Waals surface area contributed by atoms with Crippen LogP contribution in [0.15, 0.2) is 48.5 Å². The molecule has 154 valence electrons. The van der Waals surface area contributed by atoms with Crippen LogP contribution in [0.4, 0.5) is 11.4 Å². The lowest BCUT2D eigenvalue weighted by Gasteiger charge is -2.34. The average Bonchev–Trinajstić information content (AvgIpc) is 2.70. The second-order valence-corrected chi connectivity index (χ2v) is 7.99. The van der Waals surface area contributed by atoms with Crippen LogP contribution in [-0.4, -0.2) is 63.0 Å². The zero-order valence-corrected chi connectivity index (χ0v) is 17.7. The predicted molar refractivity (Wildman–Crippen MR) is 117 cm³/mol. The molecule has 0 aromatic heterocycles. The van der Waals surface area contributed by atoms with E-state index in [-0.39, 0.29) is 18.4 Å². The van der Waals surface area contributed by atoms with Gasteiger partial charge in [-0.05, 0) is 37.3 Å². The van der Waals surface area contributed by atoms with Gasteiger partial charge in [0.1, 0.15) is 0 Å². The Morgan fingerprint density at radius 1 is 1.14 bits per heavy atom. The minimum atomic E-state index is -0.189. The summed E-state index contributed by atoms with van der Waals surface area (Å²) in [6.07, 6.45) is 0. The monoisotopic (exact) mass is 415 g/mol. The fraction of sp³-hybridized carbons (Fsp3) is 0.364. The summed E-state index contributed by atoms with van der Waals surface area (Å²) in [5.41, 5.74) is 2.99. The predicted octanol–water partition coefficient (Wildman–Crippen LogP) is 1.45. The van der Waals surface area contributed by atoms with Crippen molar-refractivity contribution in [1.29, 1.82) is 0 Å². The Labute approximate surface area is 177 Å². The fourth-order valence-corrected chi connectivity index (χ4v) is 3.61. The van der Waals surface area contributed by atoms with E-state index in [1.165, 1.54) is 9.80 Å². The minimum Gasteiger partial charge on any atom is -0.360 e. The molecule has 2 aromatic rings. The number of amides is 2. The summed E-state index contributed by atoms with van der Waals surface area (Å²) in [5.74, 6) is -0.208. The van der Waals surface area contributed by atoms with Crippen LogP contribution in [0.1, 0.15) is 5.56 Å². The molecule has 0 spiro atoms. The molecule has 29 heavy (non-hydrogen) atoms. The van der Waals surface area contributed by atoms with Crippen molar-refractivity contribution in [3.8, 4) is 0 Å². The number of aryl methyl sites for hydroxylation is 1. The minimum absolute atomic E-state index is 0.0183. The van der Waals surface area contributed by atoms with Crippen LogP contribution in [0.5, 0.6) is 0 Å². The molecule has 1 saturated heterocycles. The fourth-order valence-electron chi connectivity index (χ4n) is 3.42. The normalized spacial score (nSPS) is 14.5. The number of nitrogens with one attached hydrogen (secondary N) is 2. The van der Waals surface area contributed by atoms with Gasteiger partial charge in [0.25, 0.3) is 5.91 Å². The van der Waals surface area contributed by atoms with E-state index in [0.717, 1.165) is 48.1 Å². The Morgan fingerprint density at radius 3 is 2.48 bits per heavy atom. The summed E-state index contributed by atoms with van der Waals surface area (Å²) in [6, 6.07) is 15.5. The van der Waals surface area contributed by atoms with Crippen molar-refractivity contribution in [3.05, 3.63) is 59.1 Å². The summed E-state index contributed by atoms with van der Waals surface area (Å²) >= 11 is 6.08. The molecule has 2 aromatic carbocycles. The number of carbonyl (C=O) groups excluding carboxylic acids is 2. The number of carbonyl (C=O) groups is 2. The van der Waals surface area contributed by atoms with E-state index < -0.39 is 0 Å². The second kappa shape index (κ2) is 9.76. The molecule has 2 amide bonds. The number of hydrogen-bond donors (Lipinski definition) is 2. The van der Waals surface area contributed by atoms with E-state index in [9.17, 15) is 9.59 Å². The maximum atomic E-state index is 12.5. The number of nitrogens with zero attached hydrogens (tertiary/aromatic N) is 2. The molecule has 6 nitrogen and oxygen atoms in total. The Bertz CT molecular complexity index is 848. The maximum absolute atomic E-state index is 12.5.